The third kappa shape index (κ3) is 1.62. The van der Waals surface area contributed by atoms with Crippen molar-refractivity contribution in [3.05, 3.63) is 26.5 Å². The van der Waals surface area contributed by atoms with Gasteiger partial charge >= 0.3 is 5.69 Å². The van der Waals surface area contributed by atoms with Crippen molar-refractivity contribution in [2.75, 3.05) is 0 Å². The van der Waals surface area contributed by atoms with Crippen LogP contribution >= 0.6 is 0 Å². The highest BCUT2D eigenvalue weighted by molar-refractivity contribution is 5.01. The van der Waals surface area contributed by atoms with Crippen LogP contribution < -0.4 is 11.2 Å². The Morgan fingerprint density at radius 3 is 2.43 bits per heavy atom. The standard InChI is InChI=1S/C9H15N3O2/c1-5-6(2)7-8(13)11(3)9(14)12(4)10-7/h6H,5H2,1-4H3. The van der Waals surface area contributed by atoms with E-state index < -0.39 is 0 Å². The Morgan fingerprint density at radius 1 is 1.36 bits per heavy atom. The summed E-state index contributed by atoms with van der Waals surface area (Å²) in [6.07, 6.45) is 0.834. The van der Waals surface area contributed by atoms with Gasteiger partial charge in [0.25, 0.3) is 5.56 Å². The monoisotopic (exact) mass is 197 g/mol. The van der Waals surface area contributed by atoms with Crippen LogP contribution in [-0.4, -0.2) is 14.3 Å². The van der Waals surface area contributed by atoms with Gasteiger partial charge in [0.1, 0.15) is 5.69 Å². The average Bonchev–Trinajstić information content (AvgIpc) is 2.19. The van der Waals surface area contributed by atoms with Crippen molar-refractivity contribution in [3.8, 4) is 0 Å². The molecule has 0 saturated heterocycles. The lowest BCUT2D eigenvalue weighted by atomic mass is 10.1. The highest BCUT2D eigenvalue weighted by atomic mass is 16.2. The lowest BCUT2D eigenvalue weighted by Crippen LogP contribution is -2.41. The highest BCUT2D eigenvalue weighted by Gasteiger charge is 2.13. The molecule has 1 heterocycles. The number of aromatic nitrogens is 3. The molecule has 0 radical (unpaired) electrons. The lowest BCUT2D eigenvalue weighted by Gasteiger charge is -2.09. The Balaban J connectivity index is 3.49. The molecule has 0 fully saturated rings. The molecular formula is C9H15N3O2. The zero-order chi connectivity index (χ0) is 10.9. The molecule has 1 rings (SSSR count). The zero-order valence-electron chi connectivity index (χ0n) is 8.94. The second kappa shape index (κ2) is 3.77. The van der Waals surface area contributed by atoms with Crippen LogP contribution in [0.15, 0.2) is 9.59 Å². The Bertz CT molecular complexity index is 444. The second-order valence-corrected chi connectivity index (χ2v) is 3.46. The predicted molar refractivity (Wildman–Crippen MR) is 53.4 cm³/mol. The predicted octanol–water partition coefficient (Wildman–Crippen LogP) is -0.00750. The van der Waals surface area contributed by atoms with E-state index in [9.17, 15) is 9.59 Å². The van der Waals surface area contributed by atoms with E-state index in [2.05, 4.69) is 5.10 Å². The van der Waals surface area contributed by atoms with Crippen LogP contribution in [0.5, 0.6) is 0 Å². The van der Waals surface area contributed by atoms with Gasteiger partial charge in [-0.3, -0.25) is 9.36 Å². The quantitative estimate of drug-likeness (QED) is 0.670. The summed E-state index contributed by atoms with van der Waals surface area (Å²) in [7, 11) is 3.02. The van der Waals surface area contributed by atoms with Crippen molar-refractivity contribution in [2.45, 2.75) is 26.2 Å². The van der Waals surface area contributed by atoms with Crippen molar-refractivity contribution in [2.24, 2.45) is 14.1 Å². The van der Waals surface area contributed by atoms with Gasteiger partial charge in [0.05, 0.1) is 0 Å². The Hall–Kier alpha value is -1.39. The SMILES string of the molecule is CCC(C)c1nn(C)c(=O)n(C)c1=O. The first-order chi connectivity index (χ1) is 6.49. The fraction of sp³-hybridized carbons (Fsp3) is 0.667. The van der Waals surface area contributed by atoms with E-state index in [-0.39, 0.29) is 17.2 Å². The summed E-state index contributed by atoms with van der Waals surface area (Å²) in [5.41, 5.74) is -0.221. The molecule has 1 atom stereocenters. The van der Waals surface area contributed by atoms with E-state index in [0.717, 1.165) is 11.0 Å². The van der Waals surface area contributed by atoms with Gasteiger partial charge in [-0.2, -0.15) is 5.10 Å². The van der Waals surface area contributed by atoms with E-state index in [1.54, 1.807) is 7.05 Å². The van der Waals surface area contributed by atoms with E-state index >= 15 is 0 Å². The lowest BCUT2D eigenvalue weighted by molar-refractivity contribution is 0.546. The highest BCUT2D eigenvalue weighted by Crippen LogP contribution is 2.10. The molecule has 1 aromatic heterocycles. The molecule has 5 heteroatoms. The fourth-order valence-corrected chi connectivity index (χ4v) is 1.23. The van der Waals surface area contributed by atoms with Gasteiger partial charge in [-0.05, 0) is 6.42 Å². The number of hydrogen-bond donors (Lipinski definition) is 0. The van der Waals surface area contributed by atoms with E-state index in [1.807, 2.05) is 13.8 Å². The summed E-state index contributed by atoms with van der Waals surface area (Å²) >= 11 is 0. The summed E-state index contributed by atoms with van der Waals surface area (Å²) in [6.45, 7) is 3.91. The molecule has 0 aliphatic rings. The van der Waals surface area contributed by atoms with Gasteiger partial charge in [-0.15, -0.1) is 0 Å². The second-order valence-electron chi connectivity index (χ2n) is 3.46. The van der Waals surface area contributed by atoms with Crippen molar-refractivity contribution < 1.29 is 0 Å². The summed E-state index contributed by atoms with van der Waals surface area (Å²) in [6, 6.07) is 0. The van der Waals surface area contributed by atoms with Crippen LogP contribution in [0, 0.1) is 0 Å². The van der Waals surface area contributed by atoms with Gasteiger partial charge < -0.3 is 0 Å². The minimum Gasteiger partial charge on any atom is -0.267 e. The molecule has 14 heavy (non-hydrogen) atoms. The van der Waals surface area contributed by atoms with Crippen molar-refractivity contribution >= 4 is 0 Å². The van der Waals surface area contributed by atoms with E-state index in [0.29, 0.717) is 5.69 Å². The van der Waals surface area contributed by atoms with Crippen LogP contribution in [0.25, 0.3) is 0 Å². The summed E-state index contributed by atoms with van der Waals surface area (Å²) in [4.78, 5) is 22.9. The molecule has 0 N–H and O–H groups in total. The third-order valence-corrected chi connectivity index (χ3v) is 2.42. The van der Waals surface area contributed by atoms with Gasteiger partial charge in [0.2, 0.25) is 0 Å². The Labute approximate surface area is 82.0 Å². The van der Waals surface area contributed by atoms with Crippen molar-refractivity contribution in [3.63, 3.8) is 0 Å². The molecule has 0 bridgehead atoms. The third-order valence-electron chi connectivity index (χ3n) is 2.42. The summed E-state index contributed by atoms with van der Waals surface area (Å²) in [5, 5.41) is 3.97. The molecule has 0 spiro atoms. The van der Waals surface area contributed by atoms with Gasteiger partial charge in [0, 0.05) is 20.0 Å². The van der Waals surface area contributed by atoms with Crippen LogP contribution in [-0.2, 0) is 14.1 Å². The maximum Gasteiger partial charge on any atom is 0.346 e. The normalized spacial score (nSPS) is 12.9. The maximum atomic E-state index is 11.6. The van der Waals surface area contributed by atoms with Gasteiger partial charge in [-0.1, -0.05) is 13.8 Å². The summed E-state index contributed by atoms with van der Waals surface area (Å²) < 4.78 is 2.29. The molecule has 1 aromatic rings. The molecule has 0 amide bonds. The Kier molecular flexibility index (Phi) is 2.88. The average molecular weight is 197 g/mol. The zero-order valence-corrected chi connectivity index (χ0v) is 8.94. The van der Waals surface area contributed by atoms with Gasteiger partial charge in [-0.25, -0.2) is 9.48 Å². The van der Waals surface area contributed by atoms with Crippen LogP contribution in [0.2, 0.25) is 0 Å². The molecule has 0 aromatic carbocycles. The number of aryl methyl sites for hydroxylation is 1. The van der Waals surface area contributed by atoms with Crippen LogP contribution in [0.3, 0.4) is 0 Å². The minimum absolute atomic E-state index is 0.0838. The molecule has 0 aliphatic heterocycles. The molecular weight excluding hydrogens is 182 g/mol. The summed E-state index contributed by atoms with van der Waals surface area (Å²) in [5.74, 6) is 0.0838. The minimum atomic E-state index is -0.387. The van der Waals surface area contributed by atoms with E-state index in [4.69, 9.17) is 0 Å². The Morgan fingerprint density at radius 2 is 1.93 bits per heavy atom. The van der Waals surface area contributed by atoms with Crippen LogP contribution in [0.4, 0.5) is 0 Å². The first-order valence-corrected chi connectivity index (χ1v) is 4.63. The van der Waals surface area contributed by atoms with Gasteiger partial charge in [0.15, 0.2) is 0 Å². The molecule has 0 saturated carbocycles. The van der Waals surface area contributed by atoms with Crippen LogP contribution in [0.1, 0.15) is 31.9 Å². The van der Waals surface area contributed by atoms with Crippen molar-refractivity contribution in [1.29, 1.82) is 0 Å². The smallest absolute Gasteiger partial charge is 0.267 e. The topological polar surface area (TPSA) is 56.9 Å². The molecule has 0 aliphatic carbocycles. The molecule has 78 valence electrons. The number of nitrogens with zero attached hydrogens (tertiary/aromatic N) is 3. The van der Waals surface area contributed by atoms with Crippen molar-refractivity contribution in [1.82, 2.24) is 14.3 Å². The first kappa shape index (κ1) is 10.7. The number of hydrogen-bond acceptors (Lipinski definition) is 3. The first-order valence-electron chi connectivity index (χ1n) is 4.63. The maximum absolute atomic E-state index is 11.6. The molecule has 5 nitrogen and oxygen atoms in total. The molecule has 1 unspecified atom stereocenters. The fourth-order valence-electron chi connectivity index (χ4n) is 1.23. The number of rotatable bonds is 2. The van der Waals surface area contributed by atoms with E-state index in [1.165, 1.54) is 11.7 Å². The largest absolute Gasteiger partial charge is 0.346 e.